The van der Waals surface area contributed by atoms with E-state index >= 15 is 0 Å². The van der Waals surface area contributed by atoms with E-state index in [4.69, 9.17) is 17.5 Å². The molecule has 0 heterocycles. The van der Waals surface area contributed by atoms with E-state index in [0.717, 1.165) is 28.0 Å². The van der Waals surface area contributed by atoms with E-state index in [-0.39, 0.29) is 5.91 Å². The van der Waals surface area contributed by atoms with Crippen molar-refractivity contribution in [3.05, 3.63) is 113 Å². The van der Waals surface area contributed by atoms with Crippen molar-refractivity contribution >= 4 is 46.6 Å². The first-order valence-corrected chi connectivity index (χ1v) is 12.4. The van der Waals surface area contributed by atoms with Crippen LogP contribution in [0.25, 0.3) is 12.2 Å². The summed E-state index contributed by atoms with van der Waals surface area (Å²) < 4.78 is 31.6. The molecule has 10 heteroatoms. The molecule has 0 aliphatic heterocycles. The second kappa shape index (κ2) is 14.9. The highest BCUT2D eigenvalue weighted by atomic mass is 32.3. The molecular formula is C27H28N4O5S. The zero-order valence-corrected chi connectivity index (χ0v) is 21.1. The maximum Gasteiger partial charge on any atom is 0.394 e. The Balaban J connectivity index is 0.000000877. The Bertz CT molecular complexity index is 1360. The molecule has 0 fully saturated rings. The number of carbonyl (C=O) groups is 1. The third kappa shape index (κ3) is 13.3. The molecule has 3 aromatic carbocycles. The summed E-state index contributed by atoms with van der Waals surface area (Å²) in [6.07, 6.45) is 7.43. The molecule has 0 unspecified atom stereocenters. The van der Waals surface area contributed by atoms with Crippen molar-refractivity contribution < 1.29 is 22.3 Å². The van der Waals surface area contributed by atoms with Crippen LogP contribution >= 0.6 is 0 Å². The monoisotopic (exact) mass is 520 g/mol. The van der Waals surface area contributed by atoms with E-state index in [0.29, 0.717) is 5.56 Å². The molecule has 37 heavy (non-hydrogen) atoms. The molecule has 0 bridgehead atoms. The maximum atomic E-state index is 12.3. The van der Waals surface area contributed by atoms with Gasteiger partial charge in [-0.25, -0.2) is 5.43 Å². The average molecular weight is 521 g/mol. The third-order valence-electron chi connectivity index (χ3n) is 4.43. The molecule has 192 valence electrons. The van der Waals surface area contributed by atoms with Gasteiger partial charge in [-0.2, -0.15) is 18.6 Å². The quantitative estimate of drug-likeness (QED) is 0.179. The summed E-state index contributed by atoms with van der Waals surface area (Å²) in [5.74, 6) is -0.273. The first kappa shape index (κ1) is 28.9. The summed E-state index contributed by atoms with van der Waals surface area (Å²) in [5.41, 5.74) is 11.0. The second-order valence-electron chi connectivity index (χ2n) is 7.69. The average Bonchev–Trinajstić information content (AvgIpc) is 2.84. The Hall–Kier alpha value is -4.38. The van der Waals surface area contributed by atoms with E-state index in [9.17, 15) is 4.79 Å². The number of amides is 1. The fraction of sp³-hybridized carbons (Fsp3) is 0.0741. The SMILES string of the molecule is CC(=C/c1ccccc1)/C=N/NC(=O)c1ccc(N/N=C/C(C)=C/c2ccccc2)cc1.O=S(=O)(O)O. The first-order chi connectivity index (χ1) is 17.6. The Morgan fingerprint density at radius 3 is 1.62 bits per heavy atom. The van der Waals surface area contributed by atoms with Crippen molar-refractivity contribution in [3.63, 3.8) is 0 Å². The zero-order valence-electron chi connectivity index (χ0n) is 20.3. The normalized spacial score (nSPS) is 12.2. The summed E-state index contributed by atoms with van der Waals surface area (Å²) in [6, 6.07) is 27.1. The molecule has 0 saturated heterocycles. The van der Waals surface area contributed by atoms with E-state index < -0.39 is 10.4 Å². The van der Waals surface area contributed by atoms with Crippen LogP contribution < -0.4 is 10.9 Å². The van der Waals surface area contributed by atoms with Crippen LogP contribution in [-0.4, -0.2) is 35.9 Å². The van der Waals surface area contributed by atoms with E-state index in [1.54, 1.807) is 36.7 Å². The van der Waals surface area contributed by atoms with Crippen LogP contribution in [0.3, 0.4) is 0 Å². The van der Waals surface area contributed by atoms with Crippen LogP contribution in [0.1, 0.15) is 35.3 Å². The van der Waals surface area contributed by atoms with Crippen LogP contribution in [0.2, 0.25) is 0 Å². The molecular weight excluding hydrogens is 492 g/mol. The van der Waals surface area contributed by atoms with Crippen molar-refractivity contribution in [2.45, 2.75) is 13.8 Å². The van der Waals surface area contributed by atoms with Gasteiger partial charge >= 0.3 is 10.4 Å². The maximum absolute atomic E-state index is 12.3. The fourth-order valence-corrected chi connectivity index (χ4v) is 2.86. The van der Waals surface area contributed by atoms with Gasteiger partial charge in [-0.15, -0.1) is 0 Å². The predicted octanol–water partition coefficient (Wildman–Crippen LogP) is 5.35. The van der Waals surface area contributed by atoms with Crippen LogP contribution in [0.4, 0.5) is 5.69 Å². The lowest BCUT2D eigenvalue weighted by Gasteiger charge is -2.03. The summed E-state index contributed by atoms with van der Waals surface area (Å²) in [6.45, 7) is 3.92. The van der Waals surface area contributed by atoms with Crippen molar-refractivity contribution in [2.75, 3.05) is 5.43 Å². The van der Waals surface area contributed by atoms with Crippen molar-refractivity contribution in [1.29, 1.82) is 0 Å². The van der Waals surface area contributed by atoms with Gasteiger partial charge in [0.15, 0.2) is 0 Å². The lowest BCUT2D eigenvalue weighted by Crippen LogP contribution is -2.17. The predicted molar refractivity (Wildman–Crippen MR) is 149 cm³/mol. The lowest BCUT2D eigenvalue weighted by molar-refractivity contribution is 0.0955. The highest BCUT2D eigenvalue weighted by Crippen LogP contribution is 2.10. The molecule has 0 saturated carbocycles. The Morgan fingerprint density at radius 1 is 0.730 bits per heavy atom. The summed E-state index contributed by atoms with van der Waals surface area (Å²) >= 11 is 0. The summed E-state index contributed by atoms with van der Waals surface area (Å²) in [4.78, 5) is 12.3. The van der Waals surface area contributed by atoms with Gasteiger partial charge in [0.2, 0.25) is 0 Å². The van der Waals surface area contributed by atoms with E-state index in [1.165, 1.54) is 0 Å². The molecule has 3 aromatic rings. The number of benzene rings is 3. The van der Waals surface area contributed by atoms with E-state index in [1.807, 2.05) is 80.6 Å². The number of nitrogens with zero attached hydrogens (tertiary/aromatic N) is 2. The number of rotatable bonds is 8. The smallest absolute Gasteiger partial charge is 0.279 e. The standard InChI is InChI=1S/C27H26N4O.H2O4S/c1-21(17-23-9-5-3-6-10-23)19-28-30-26-15-13-25(14-16-26)27(32)31-29-20-22(2)18-24-11-7-4-8-12-24;1-5(2,3)4/h3-20,30H,1-2H3,(H,31,32);(H2,1,2,3,4)/b21-17+,22-18-,28-19+,29-20+;. The highest BCUT2D eigenvalue weighted by molar-refractivity contribution is 7.79. The lowest BCUT2D eigenvalue weighted by atomic mass is 10.1. The van der Waals surface area contributed by atoms with Gasteiger partial charge in [0.05, 0.1) is 18.1 Å². The minimum atomic E-state index is -4.67. The zero-order chi connectivity index (χ0) is 27.1. The van der Waals surface area contributed by atoms with Gasteiger partial charge in [-0.05, 0) is 60.4 Å². The number of allylic oxidation sites excluding steroid dienone is 2. The molecule has 0 radical (unpaired) electrons. The fourth-order valence-electron chi connectivity index (χ4n) is 2.86. The van der Waals surface area contributed by atoms with E-state index in [2.05, 4.69) is 27.1 Å². The van der Waals surface area contributed by atoms with Gasteiger partial charge in [0.25, 0.3) is 5.91 Å². The van der Waals surface area contributed by atoms with Crippen molar-refractivity contribution in [2.24, 2.45) is 10.2 Å². The van der Waals surface area contributed by atoms with Gasteiger partial charge in [-0.1, -0.05) is 72.8 Å². The Labute approximate surface area is 216 Å². The third-order valence-corrected chi connectivity index (χ3v) is 4.43. The van der Waals surface area contributed by atoms with Gasteiger partial charge in [0.1, 0.15) is 0 Å². The Morgan fingerprint density at radius 2 is 1.16 bits per heavy atom. The topological polar surface area (TPSA) is 140 Å². The molecule has 4 N–H and O–H groups in total. The van der Waals surface area contributed by atoms with Gasteiger partial charge in [0, 0.05) is 5.56 Å². The summed E-state index contributed by atoms with van der Waals surface area (Å²) in [5, 5.41) is 8.27. The van der Waals surface area contributed by atoms with Gasteiger partial charge in [-0.3, -0.25) is 19.3 Å². The molecule has 0 aliphatic rings. The highest BCUT2D eigenvalue weighted by Gasteiger charge is 2.03. The van der Waals surface area contributed by atoms with Crippen LogP contribution in [0, 0.1) is 0 Å². The van der Waals surface area contributed by atoms with Crippen LogP contribution in [-0.2, 0) is 10.4 Å². The molecule has 0 spiro atoms. The Kier molecular flexibility index (Phi) is 11.6. The summed E-state index contributed by atoms with van der Waals surface area (Å²) in [7, 11) is -4.67. The number of anilines is 1. The van der Waals surface area contributed by atoms with Crippen LogP contribution in [0.5, 0.6) is 0 Å². The number of hydrazone groups is 2. The molecule has 9 nitrogen and oxygen atoms in total. The largest absolute Gasteiger partial charge is 0.394 e. The van der Waals surface area contributed by atoms with Gasteiger partial charge < -0.3 is 0 Å². The van der Waals surface area contributed by atoms with Crippen molar-refractivity contribution in [3.8, 4) is 0 Å². The first-order valence-electron chi connectivity index (χ1n) is 11.0. The molecule has 3 rings (SSSR count). The van der Waals surface area contributed by atoms with Crippen molar-refractivity contribution in [1.82, 2.24) is 5.43 Å². The number of hydrogen-bond donors (Lipinski definition) is 4. The molecule has 0 aromatic heterocycles. The number of carbonyl (C=O) groups excluding carboxylic acids is 1. The molecule has 1 amide bonds. The number of hydrogen-bond acceptors (Lipinski definition) is 6. The second-order valence-corrected chi connectivity index (χ2v) is 8.59. The molecule has 0 aliphatic carbocycles. The minimum Gasteiger partial charge on any atom is -0.279 e. The molecule has 0 atom stereocenters. The number of nitrogens with one attached hydrogen (secondary N) is 2. The van der Waals surface area contributed by atoms with Crippen LogP contribution in [0.15, 0.2) is 106 Å². The minimum absolute atomic E-state index is 0.273.